The van der Waals surface area contributed by atoms with Gasteiger partial charge in [0.2, 0.25) is 0 Å². The molecule has 0 fully saturated rings. The van der Waals surface area contributed by atoms with E-state index < -0.39 is 0 Å². The van der Waals surface area contributed by atoms with Crippen molar-refractivity contribution >= 4 is 0 Å². The molecule has 0 radical (unpaired) electrons. The van der Waals surface area contributed by atoms with Crippen molar-refractivity contribution in [2.45, 2.75) is 32.4 Å². The van der Waals surface area contributed by atoms with Crippen LogP contribution >= 0.6 is 0 Å². The van der Waals surface area contributed by atoms with Gasteiger partial charge >= 0.3 is 0 Å². The van der Waals surface area contributed by atoms with Crippen LogP contribution in [0, 0.1) is 0 Å². The van der Waals surface area contributed by atoms with E-state index in [1.165, 1.54) is 0 Å². The average molecular weight is 242 g/mol. The zero-order valence-corrected chi connectivity index (χ0v) is 10.8. The second-order valence-corrected chi connectivity index (χ2v) is 4.03. The van der Waals surface area contributed by atoms with Gasteiger partial charge in [-0.05, 0) is 19.9 Å². The molecule has 0 amide bonds. The largest absolute Gasteiger partial charge is 0.385 e. The van der Waals surface area contributed by atoms with Crippen LogP contribution in [0.1, 0.15) is 30.8 Å². The maximum atomic E-state index is 5.55. The van der Waals surface area contributed by atoms with Gasteiger partial charge in [0, 0.05) is 27.2 Å². The van der Waals surface area contributed by atoms with E-state index in [4.69, 9.17) is 15.2 Å². The second kappa shape index (κ2) is 7.37. The minimum absolute atomic E-state index is 0.249. The van der Waals surface area contributed by atoms with Gasteiger partial charge < -0.3 is 15.2 Å². The molecule has 17 heavy (non-hydrogen) atoms. The molecular weight excluding hydrogens is 220 g/mol. The predicted molar refractivity (Wildman–Crippen MR) is 64.7 cm³/mol. The Morgan fingerprint density at radius 1 is 1.35 bits per heavy atom. The van der Waals surface area contributed by atoms with Gasteiger partial charge in [0.1, 0.15) is 0 Å². The van der Waals surface area contributed by atoms with E-state index in [9.17, 15) is 0 Å². The van der Waals surface area contributed by atoms with Gasteiger partial charge in [-0.1, -0.05) is 5.21 Å². The quantitative estimate of drug-likeness (QED) is 0.719. The SMILES string of the molecule is COCCC(C)n1nnc(CCN)c1COC. The van der Waals surface area contributed by atoms with Crippen molar-refractivity contribution in [3.63, 3.8) is 0 Å². The topological polar surface area (TPSA) is 75.2 Å². The summed E-state index contributed by atoms with van der Waals surface area (Å²) >= 11 is 0. The van der Waals surface area contributed by atoms with Gasteiger partial charge in [-0.2, -0.15) is 0 Å². The van der Waals surface area contributed by atoms with E-state index in [0.29, 0.717) is 19.8 Å². The molecule has 6 nitrogen and oxygen atoms in total. The lowest BCUT2D eigenvalue weighted by Gasteiger charge is -2.14. The van der Waals surface area contributed by atoms with Crippen LogP contribution in [0.25, 0.3) is 0 Å². The highest BCUT2D eigenvalue weighted by molar-refractivity contribution is 5.10. The van der Waals surface area contributed by atoms with Crippen molar-refractivity contribution in [1.29, 1.82) is 0 Å². The molecule has 0 aliphatic carbocycles. The molecule has 0 spiro atoms. The number of rotatable bonds is 8. The zero-order valence-electron chi connectivity index (χ0n) is 10.8. The molecule has 98 valence electrons. The molecule has 6 heteroatoms. The Bertz CT molecular complexity index is 327. The second-order valence-electron chi connectivity index (χ2n) is 4.03. The van der Waals surface area contributed by atoms with Gasteiger partial charge in [-0.15, -0.1) is 5.10 Å². The maximum absolute atomic E-state index is 5.55. The smallest absolute Gasteiger partial charge is 0.0900 e. The lowest BCUT2D eigenvalue weighted by Crippen LogP contribution is -2.14. The highest BCUT2D eigenvalue weighted by Crippen LogP contribution is 2.16. The molecule has 0 aliphatic heterocycles. The molecule has 0 aromatic carbocycles. The number of nitrogens with two attached hydrogens (primary N) is 1. The fourth-order valence-corrected chi connectivity index (χ4v) is 1.73. The van der Waals surface area contributed by atoms with E-state index >= 15 is 0 Å². The number of hydrogen-bond acceptors (Lipinski definition) is 5. The van der Waals surface area contributed by atoms with Crippen molar-refractivity contribution < 1.29 is 9.47 Å². The molecule has 2 N–H and O–H groups in total. The van der Waals surface area contributed by atoms with Gasteiger partial charge in [-0.25, -0.2) is 4.68 Å². The van der Waals surface area contributed by atoms with Gasteiger partial charge in [0.05, 0.1) is 24.0 Å². The van der Waals surface area contributed by atoms with Crippen molar-refractivity contribution in [1.82, 2.24) is 15.0 Å². The molecule has 1 aromatic rings. The first kappa shape index (κ1) is 14.1. The summed E-state index contributed by atoms with van der Waals surface area (Å²) in [7, 11) is 3.37. The van der Waals surface area contributed by atoms with Crippen LogP contribution in [-0.4, -0.2) is 42.4 Å². The standard InChI is InChI=1S/C11H22N4O2/c1-9(5-7-16-2)15-11(8-17-3)10(4-6-12)13-14-15/h9H,4-8,12H2,1-3H3. The summed E-state index contributed by atoms with van der Waals surface area (Å²) < 4.78 is 12.2. The van der Waals surface area contributed by atoms with Crippen LogP contribution in [-0.2, 0) is 22.5 Å². The van der Waals surface area contributed by atoms with Crippen LogP contribution in [0.2, 0.25) is 0 Å². The highest BCUT2D eigenvalue weighted by Gasteiger charge is 2.16. The molecule has 1 atom stereocenters. The fourth-order valence-electron chi connectivity index (χ4n) is 1.73. The predicted octanol–water partition coefficient (Wildman–Crippen LogP) is 0.523. The summed E-state index contributed by atoms with van der Waals surface area (Å²) in [5.41, 5.74) is 7.50. The van der Waals surface area contributed by atoms with E-state index in [0.717, 1.165) is 24.2 Å². The number of nitrogens with zero attached hydrogens (tertiary/aromatic N) is 3. The molecule has 1 unspecified atom stereocenters. The first-order valence-electron chi connectivity index (χ1n) is 5.85. The van der Waals surface area contributed by atoms with E-state index in [2.05, 4.69) is 17.2 Å². The summed E-state index contributed by atoms with van der Waals surface area (Å²) in [4.78, 5) is 0. The van der Waals surface area contributed by atoms with E-state index in [-0.39, 0.29) is 6.04 Å². The minimum atomic E-state index is 0.249. The van der Waals surface area contributed by atoms with Crippen LogP contribution < -0.4 is 5.73 Å². The van der Waals surface area contributed by atoms with Crippen molar-refractivity contribution in [3.8, 4) is 0 Å². The first-order chi connectivity index (χ1) is 8.24. The van der Waals surface area contributed by atoms with Crippen LogP contribution in [0.5, 0.6) is 0 Å². The highest BCUT2D eigenvalue weighted by atomic mass is 16.5. The number of hydrogen-bond donors (Lipinski definition) is 1. The monoisotopic (exact) mass is 242 g/mol. The maximum Gasteiger partial charge on any atom is 0.0900 e. The number of ether oxygens (including phenoxy) is 2. The van der Waals surface area contributed by atoms with Gasteiger partial charge in [0.25, 0.3) is 0 Å². The zero-order chi connectivity index (χ0) is 12.7. The molecule has 0 saturated carbocycles. The molecule has 0 aliphatic rings. The van der Waals surface area contributed by atoms with Crippen molar-refractivity contribution in [2.24, 2.45) is 5.73 Å². The van der Waals surface area contributed by atoms with Crippen molar-refractivity contribution in [2.75, 3.05) is 27.4 Å². The number of methoxy groups -OCH3 is 2. The molecule has 1 aromatic heterocycles. The van der Waals surface area contributed by atoms with Gasteiger partial charge in [0.15, 0.2) is 0 Å². The average Bonchev–Trinajstić information content (AvgIpc) is 2.71. The number of aromatic nitrogens is 3. The molecule has 1 heterocycles. The molecule has 0 saturated heterocycles. The van der Waals surface area contributed by atoms with Crippen LogP contribution in [0.15, 0.2) is 0 Å². The summed E-state index contributed by atoms with van der Waals surface area (Å²) in [6.45, 7) is 3.89. The minimum Gasteiger partial charge on any atom is -0.385 e. The Hall–Kier alpha value is -0.980. The Labute approximate surface area is 102 Å². The molecule has 0 bridgehead atoms. The van der Waals surface area contributed by atoms with Gasteiger partial charge in [-0.3, -0.25) is 0 Å². The lowest BCUT2D eigenvalue weighted by atomic mass is 10.2. The van der Waals surface area contributed by atoms with Crippen LogP contribution in [0.3, 0.4) is 0 Å². The van der Waals surface area contributed by atoms with Crippen molar-refractivity contribution in [3.05, 3.63) is 11.4 Å². The van der Waals surface area contributed by atoms with E-state index in [1.807, 2.05) is 4.68 Å². The molecule has 1 rings (SSSR count). The third kappa shape index (κ3) is 3.76. The summed E-state index contributed by atoms with van der Waals surface area (Å²) in [5.74, 6) is 0. The van der Waals surface area contributed by atoms with E-state index in [1.54, 1.807) is 14.2 Å². The summed E-state index contributed by atoms with van der Waals surface area (Å²) in [6, 6.07) is 0.249. The Kier molecular flexibility index (Phi) is 6.10. The normalized spacial score (nSPS) is 12.9. The summed E-state index contributed by atoms with van der Waals surface area (Å²) in [6.07, 6.45) is 1.63. The Balaban J connectivity index is 2.82. The fraction of sp³-hybridized carbons (Fsp3) is 0.818. The third-order valence-electron chi connectivity index (χ3n) is 2.69. The lowest BCUT2D eigenvalue weighted by molar-refractivity contribution is 0.161. The Morgan fingerprint density at radius 3 is 2.71 bits per heavy atom. The van der Waals surface area contributed by atoms with Crippen LogP contribution in [0.4, 0.5) is 0 Å². The third-order valence-corrected chi connectivity index (χ3v) is 2.69. The Morgan fingerprint density at radius 2 is 2.12 bits per heavy atom. The first-order valence-corrected chi connectivity index (χ1v) is 5.85. The summed E-state index contributed by atoms with van der Waals surface area (Å²) in [5, 5.41) is 8.35. The molecular formula is C11H22N4O2.